The number of anilines is 1. The van der Waals surface area contributed by atoms with Gasteiger partial charge in [-0.15, -0.1) is 0 Å². The average molecular weight is 451 g/mol. The largest absolute Gasteiger partial charge is 0.355 e. The lowest BCUT2D eigenvalue weighted by Gasteiger charge is -2.36. The highest BCUT2D eigenvalue weighted by molar-refractivity contribution is 5.93. The Hall–Kier alpha value is -2.91. The van der Waals surface area contributed by atoms with E-state index in [4.69, 9.17) is 21.7 Å². The van der Waals surface area contributed by atoms with Gasteiger partial charge in [-0.05, 0) is 51.9 Å². The van der Waals surface area contributed by atoms with E-state index < -0.39 is 0 Å². The molecule has 0 saturated carbocycles. The Balaban J connectivity index is 1.44. The number of aryl methyl sites for hydroxylation is 1. The molecule has 3 aliphatic heterocycles. The van der Waals surface area contributed by atoms with Crippen LogP contribution in [0.5, 0.6) is 0 Å². The van der Waals surface area contributed by atoms with Crippen molar-refractivity contribution in [1.29, 1.82) is 0 Å². The highest BCUT2D eigenvalue weighted by atomic mass is 16.2. The maximum atomic E-state index is 13.6. The summed E-state index contributed by atoms with van der Waals surface area (Å²) in [5, 5.41) is 6.32. The number of nitrogens with zero attached hydrogens (tertiary/aromatic N) is 6. The molecule has 4 N–H and O–H groups in total. The molecule has 2 aromatic rings. The summed E-state index contributed by atoms with van der Waals surface area (Å²) >= 11 is 0. The molecule has 0 aromatic carbocycles. The maximum absolute atomic E-state index is 13.6. The topological polar surface area (TPSA) is 109 Å². The molecule has 0 spiro atoms. The zero-order valence-electron chi connectivity index (χ0n) is 19.4. The van der Waals surface area contributed by atoms with Crippen LogP contribution in [0.4, 0.5) is 5.82 Å². The average Bonchev–Trinajstić information content (AvgIpc) is 3.41. The Kier molecular flexibility index (Phi) is 6.07. The van der Waals surface area contributed by atoms with Crippen LogP contribution in [-0.2, 0) is 4.79 Å². The summed E-state index contributed by atoms with van der Waals surface area (Å²) in [5.74, 6) is 7.14. The summed E-state index contributed by atoms with van der Waals surface area (Å²) in [7, 11) is 0. The molecule has 9 heteroatoms. The highest BCUT2D eigenvalue weighted by Crippen LogP contribution is 2.33. The van der Waals surface area contributed by atoms with Gasteiger partial charge in [-0.3, -0.25) is 9.80 Å². The molecule has 5 heterocycles. The number of hydrogen-bond donors (Lipinski definition) is 2. The molecule has 2 fully saturated rings. The van der Waals surface area contributed by atoms with Crippen molar-refractivity contribution in [3.8, 4) is 0 Å². The first-order valence-corrected chi connectivity index (χ1v) is 12.1. The lowest BCUT2D eigenvalue weighted by Crippen LogP contribution is -2.43. The normalized spacial score (nSPS) is 26.8. The molecule has 2 atom stereocenters. The van der Waals surface area contributed by atoms with Gasteiger partial charge in [-0.2, -0.15) is 5.10 Å². The molecular weight excluding hydrogens is 416 g/mol. The second kappa shape index (κ2) is 9.15. The molecule has 33 heavy (non-hydrogen) atoms. The summed E-state index contributed by atoms with van der Waals surface area (Å²) in [5.41, 5.74) is 9.42. The lowest BCUT2D eigenvalue weighted by molar-refractivity contribution is -0.132. The van der Waals surface area contributed by atoms with Gasteiger partial charge in [0.1, 0.15) is 11.5 Å². The van der Waals surface area contributed by atoms with Crippen molar-refractivity contribution < 1.29 is 4.79 Å². The first-order valence-electron chi connectivity index (χ1n) is 12.1. The number of hydrazine groups is 1. The summed E-state index contributed by atoms with van der Waals surface area (Å²) in [4.78, 5) is 22.7. The first-order chi connectivity index (χ1) is 16.0. The predicted octanol–water partition coefficient (Wildman–Crippen LogP) is 2.39. The van der Waals surface area contributed by atoms with E-state index in [0.29, 0.717) is 12.2 Å². The zero-order chi connectivity index (χ0) is 22.9. The second-order valence-corrected chi connectivity index (χ2v) is 9.44. The first kappa shape index (κ1) is 21.9. The van der Waals surface area contributed by atoms with Crippen molar-refractivity contribution >= 4 is 17.4 Å². The summed E-state index contributed by atoms with van der Waals surface area (Å²) in [6.45, 7) is 4.52. The number of amides is 1. The Morgan fingerprint density at radius 3 is 2.85 bits per heavy atom. The SMILES string of the molecule is Cc1cn2nc(C3CCCCN3C(=O)/C3=C\CCC/C=C/N3N)cc2nc1N1CCC(N)C1. The number of piperidine rings is 1. The number of carbonyl (C=O) groups is 1. The smallest absolute Gasteiger partial charge is 0.272 e. The van der Waals surface area contributed by atoms with Crippen LogP contribution in [0, 0.1) is 6.92 Å². The number of allylic oxidation sites excluding steroid dienone is 2. The van der Waals surface area contributed by atoms with Gasteiger partial charge in [-0.25, -0.2) is 15.3 Å². The quantitative estimate of drug-likeness (QED) is 0.691. The van der Waals surface area contributed by atoms with E-state index in [9.17, 15) is 4.79 Å². The fourth-order valence-corrected chi connectivity index (χ4v) is 5.16. The molecule has 0 aliphatic carbocycles. The molecule has 2 saturated heterocycles. The predicted molar refractivity (Wildman–Crippen MR) is 128 cm³/mol. The monoisotopic (exact) mass is 450 g/mol. The standard InChI is InChI=1S/C24H34N8O/c1-17-15-32-22(27-23(17)29-13-10-18(25)16-29)14-19(28-32)20-8-5-7-11-30(20)24(33)21-9-4-2-3-6-12-31(21)26/h6,9,12,14-15,18,20H,2-5,7-8,10-11,13,16,25-26H2,1H3/b12-6+,21-9+. The van der Waals surface area contributed by atoms with Crippen molar-refractivity contribution in [3.63, 3.8) is 0 Å². The number of nitrogens with two attached hydrogens (primary N) is 2. The van der Waals surface area contributed by atoms with Crippen LogP contribution in [0.15, 0.2) is 36.3 Å². The third-order valence-electron chi connectivity index (χ3n) is 6.93. The van der Waals surface area contributed by atoms with Crippen LogP contribution < -0.4 is 16.5 Å². The van der Waals surface area contributed by atoms with Gasteiger partial charge in [-0.1, -0.05) is 12.2 Å². The minimum atomic E-state index is -0.0827. The van der Waals surface area contributed by atoms with Crippen molar-refractivity contribution in [1.82, 2.24) is 24.5 Å². The molecule has 176 valence electrons. The van der Waals surface area contributed by atoms with Gasteiger partial charge < -0.3 is 15.5 Å². The van der Waals surface area contributed by atoms with Gasteiger partial charge in [0.25, 0.3) is 5.91 Å². The van der Waals surface area contributed by atoms with E-state index in [1.54, 1.807) is 6.20 Å². The number of likely N-dealkylation sites (tertiary alicyclic amines) is 1. The third kappa shape index (κ3) is 4.35. The summed E-state index contributed by atoms with van der Waals surface area (Å²) in [6.07, 6.45) is 14.6. The van der Waals surface area contributed by atoms with Crippen molar-refractivity contribution in [2.45, 2.75) is 64.0 Å². The van der Waals surface area contributed by atoms with Crippen molar-refractivity contribution in [2.24, 2.45) is 11.6 Å². The number of carbonyl (C=O) groups excluding carboxylic acids is 1. The number of aromatic nitrogens is 3. The molecule has 3 aliphatic rings. The number of rotatable bonds is 3. The van der Waals surface area contributed by atoms with Crippen LogP contribution in [0.3, 0.4) is 0 Å². The summed E-state index contributed by atoms with van der Waals surface area (Å²) in [6, 6.07) is 2.15. The Morgan fingerprint density at radius 2 is 2.03 bits per heavy atom. The van der Waals surface area contributed by atoms with Gasteiger partial charge >= 0.3 is 0 Å². The van der Waals surface area contributed by atoms with Crippen LogP contribution in [0.1, 0.15) is 62.2 Å². The molecule has 0 bridgehead atoms. The van der Waals surface area contributed by atoms with Crippen molar-refractivity contribution in [3.05, 3.63) is 47.6 Å². The highest BCUT2D eigenvalue weighted by Gasteiger charge is 2.33. The van der Waals surface area contributed by atoms with E-state index in [2.05, 4.69) is 11.8 Å². The molecule has 0 radical (unpaired) electrons. The Morgan fingerprint density at radius 1 is 1.15 bits per heavy atom. The minimum absolute atomic E-state index is 0.0262. The Labute approximate surface area is 194 Å². The second-order valence-electron chi connectivity index (χ2n) is 9.44. The van der Waals surface area contributed by atoms with Gasteiger partial charge in [0.05, 0.1) is 11.7 Å². The van der Waals surface area contributed by atoms with Crippen LogP contribution in [0.25, 0.3) is 5.65 Å². The van der Waals surface area contributed by atoms with Crippen LogP contribution in [0.2, 0.25) is 0 Å². The zero-order valence-corrected chi connectivity index (χ0v) is 19.4. The van der Waals surface area contributed by atoms with Crippen LogP contribution >= 0.6 is 0 Å². The van der Waals surface area contributed by atoms with E-state index >= 15 is 0 Å². The fourth-order valence-electron chi connectivity index (χ4n) is 5.16. The molecule has 5 rings (SSSR count). The Bertz CT molecular complexity index is 1090. The van der Waals surface area contributed by atoms with Gasteiger partial charge in [0, 0.05) is 49.7 Å². The fraction of sp³-hybridized carbons (Fsp3) is 0.542. The molecule has 9 nitrogen and oxygen atoms in total. The number of hydrogen-bond acceptors (Lipinski definition) is 7. The van der Waals surface area contributed by atoms with Gasteiger partial charge in [0.15, 0.2) is 5.65 Å². The molecule has 2 unspecified atom stereocenters. The molecular formula is C24H34N8O. The summed E-state index contributed by atoms with van der Waals surface area (Å²) < 4.78 is 1.84. The third-order valence-corrected chi connectivity index (χ3v) is 6.93. The maximum Gasteiger partial charge on any atom is 0.272 e. The van der Waals surface area contributed by atoms with E-state index in [-0.39, 0.29) is 18.0 Å². The lowest BCUT2D eigenvalue weighted by atomic mass is 9.98. The van der Waals surface area contributed by atoms with Gasteiger partial charge in [0.2, 0.25) is 0 Å². The van der Waals surface area contributed by atoms with E-state index in [0.717, 1.165) is 80.8 Å². The molecule has 1 amide bonds. The number of fused-ring (bicyclic) bond motifs is 1. The molecule has 2 aromatic heterocycles. The van der Waals surface area contributed by atoms with E-state index in [1.807, 2.05) is 33.8 Å². The van der Waals surface area contributed by atoms with E-state index in [1.165, 1.54) is 5.01 Å². The van der Waals surface area contributed by atoms with Crippen LogP contribution in [-0.4, -0.2) is 56.1 Å². The minimum Gasteiger partial charge on any atom is -0.355 e. The van der Waals surface area contributed by atoms with Crippen molar-refractivity contribution in [2.75, 3.05) is 24.5 Å².